The number of phenols is 1. The van der Waals surface area contributed by atoms with E-state index in [1.165, 1.54) is 5.56 Å². The lowest BCUT2D eigenvalue weighted by Crippen LogP contribution is -2.22. The van der Waals surface area contributed by atoms with Crippen LogP contribution in [0.5, 0.6) is 11.5 Å². The monoisotopic (exact) mass is 258 g/mol. The maximum Gasteiger partial charge on any atom is 0.133 e. The molecule has 2 aromatic rings. The Morgan fingerprint density at radius 1 is 1.32 bits per heavy atom. The van der Waals surface area contributed by atoms with Crippen molar-refractivity contribution in [2.75, 3.05) is 7.11 Å². The average Bonchev–Trinajstić information content (AvgIpc) is 2.36. The second-order valence-electron chi connectivity index (χ2n) is 5.15. The summed E-state index contributed by atoms with van der Waals surface area (Å²) in [6.07, 6.45) is 0.929. The lowest BCUT2D eigenvalue weighted by Gasteiger charge is -2.29. The van der Waals surface area contributed by atoms with E-state index in [4.69, 9.17) is 9.47 Å². The van der Waals surface area contributed by atoms with Crippen LogP contribution in [0.2, 0.25) is 0 Å². The van der Waals surface area contributed by atoms with E-state index in [1.54, 1.807) is 7.11 Å². The standard InChI is InChI=1S/C16H18O3/c1-9-7-12-8-11-5-4-6-13(18-3)15(11)16(17)14(12)10(2)19-9/h4-6,8-10,17H,7H2,1-3H3/t9-,10+/m0/s1. The van der Waals surface area contributed by atoms with Crippen molar-refractivity contribution in [3.63, 3.8) is 0 Å². The number of ether oxygens (including phenoxy) is 2. The summed E-state index contributed by atoms with van der Waals surface area (Å²) in [4.78, 5) is 0. The molecular formula is C16H18O3. The third-order valence-corrected chi connectivity index (χ3v) is 3.80. The smallest absolute Gasteiger partial charge is 0.133 e. The van der Waals surface area contributed by atoms with Gasteiger partial charge in [-0.1, -0.05) is 18.2 Å². The van der Waals surface area contributed by atoms with Gasteiger partial charge in [0.1, 0.15) is 11.5 Å². The molecule has 0 unspecified atom stereocenters. The van der Waals surface area contributed by atoms with Gasteiger partial charge in [0.2, 0.25) is 0 Å². The minimum atomic E-state index is -0.0898. The second kappa shape index (κ2) is 4.42. The number of hydrogen-bond donors (Lipinski definition) is 1. The SMILES string of the molecule is COc1cccc2cc3c(c(O)c12)[C@@H](C)O[C@@H](C)C3. The Morgan fingerprint density at radius 2 is 2.11 bits per heavy atom. The molecule has 0 aliphatic carbocycles. The fraction of sp³-hybridized carbons (Fsp3) is 0.375. The molecule has 2 atom stereocenters. The van der Waals surface area contributed by atoms with Crippen LogP contribution in [0.3, 0.4) is 0 Å². The highest BCUT2D eigenvalue weighted by atomic mass is 16.5. The molecule has 0 bridgehead atoms. The fourth-order valence-electron chi connectivity index (χ4n) is 3.04. The van der Waals surface area contributed by atoms with Gasteiger partial charge in [-0.2, -0.15) is 0 Å². The predicted molar refractivity (Wildman–Crippen MR) is 74.8 cm³/mol. The van der Waals surface area contributed by atoms with Gasteiger partial charge in [0, 0.05) is 5.56 Å². The lowest BCUT2D eigenvalue weighted by molar-refractivity contribution is -0.00582. The van der Waals surface area contributed by atoms with Gasteiger partial charge in [0.25, 0.3) is 0 Å². The molecule has 1 aliphatic rings. The summed E-state index contributed by atoms with van der Waals surface area (Å²) in [7, 11) is 1.62. The molecule has 3 rings (SSSR count). The van der Waals surface area contributed by atoms with E-state index in [0.717, 1.165) is 22.8 Å². The van der Waals surface area contributed by atoms with Crippen molar-refractivity contribution >= 4 is 10.8 Å². The topological polar surface area (TPSA) is 38.7 Å². The Labute approximate surface area is 112 Å². The van der Waals surface area contributed by atoms with Crippen molar-refractivity contribution in [3.8, 4) is 11.5 Å². The molecule has 0 saturated heterocycles. The molecule has 0 aromatic heterocycles. The molecule has 0 spiro atoms. The molecule has 100 valence electrons. The van der Waals surface area contributed by atoms with Crippen LogP contribution < -0.4 is 4.74 Å². The summed E-state index contributed by atoms with van der Waals surface area (Å²) in [5.41, 5.74) is 2.07. The first-order chi connectivity index (χ1) is 9.11. The predicted octanol–water partition coefficient (Wildman–Crippen LogP) is 3.58. The van der Waals surface area contributed by atoms with Crippen LogP contribution >= 0.6 is 0 Å². The van der Waals surface area contributed by atoms with Crippen molar-refractivity contribution in [2.45, 2.75) is 32.5 Å². The van der Waals surface area contributed by atoms with Gasteiger partial charge in [0.15, 0.2) is 0 Å². The van der Waals surface area contributed by atoms with Gasteiger partial charge in [0.05, 0.1) is 24.7 Å². The molecule has 1 heterocycles. The van der Waals surface area contributed by atoms with Gasteiger partial charge < -0.3 is 14.6 Å². The van der Waals surface area contributed by atoms with Crippen LogP contribution in [0.15, 0.2) is 24.3 Å². The van der Waals surface area contributed by atoms with E-state index in [-0.39, 0.29) is 12.2 Å². The normalized spacial score (nSPS) is 22.3. The number of hydrogen-bond acceptors (Lipinski definition) is 3. The summed E-state index contributed by atoms with van der Waals surface area (Å²) < 4.78 is 11.2. The van der Waals surface area contributed by atoms with Gasteiger partial charge in [-0.15, -0.1) is 0 Å². The third-order valence-electron chi connectivity index (χ3n) is 3.80. The van der Waals surface area contributed by atoms with E-state index in [2.05, 4.69) is 13.0 Å². The van der Waals surface area contributed by atoms with E-state index < -0.39 is 0 Å². The summed E-state index contributed by atoms with van der Waals surface area (Å²) >= 11 is 0. The number of benzene rings is 2. The van der Waals surface area contributed by atoms with Crippen molar-refractivity contribution < 1.29 is 14.6 Å². The van der Waals surface area contributed by atoms with Crippen molar-refractivity contribution in [2.24, 2.45) is 0 Å². The fourth-order valence-corrected chi connectivity index (χ4v) is 3.04. The van der Waals surface area contributed by atoms with E-state index in [1.807, 2.05) is 25.1 Å². The van der Waals surface area contributed by atoms with E-state index in [9.17, 15) is 5.11 Å². The van der Waals surface area contributed by atoms with Crippen LogP contribution in [0.4, 0.5) is 0 Å². The highest BCUT2D eigenvalue weighted by Crippen LogP contribution is 2.43. The van der Waals surface area contributed by atoms with E-state index in [0.29, 0.717) is 11.5 Å². The Bertz CT molecular complexity index is 633. The zero-order valence-corrected chi connectivity index (χ0v) is 11.4. The summed E-state index contributed by atoms with van der Waals surface area (Å²) in [6, 6.07) is 7.95. The molecule has 0 amide bonds. The Morgan fingerprint density at radius 3 is 2.84 bits per heavy atom. The number of rotatable bonds is 1. The van der Waals surface area contributed by atoms with Crippen LogP contribution in [0, 0.1) is 0 Å². The van der Waals surface area contributed by atoms with Gasteiger partial charge in [-0.25, -0.2) is 0 Å². The minimum absolute atomic E-state index is 0.0898. The van der Waals surface area contributed by atoms with Crippen LogP contribution in [-0.2, 0) is 11.2 Å². The van der Waals surface area contributed by atoms with E-state index >= 15 is 0 Å². The lowest BCUT2D eigenvalue weighted by atomic mass is 9.90. The number of phenolic OH excluding ortho intramolecular Hbond substituents is 1. The molecular weight excluding hydrogens is 240 g/mol. The summed E-state index contributed by atoms with van der Waals surface area (Å²) in [6.45, 7) is 4.04. The molecule has 3 nitrogen and oxygen atoms in total. The highest BCUT2D eigenvalue weighted by molar-refractivity contribution is 5.95. The maximum atomic E-state index is 10.6. The van der Waals surface area contributed by atoms with Crippen molar-refractivity contribution in [3.05, 3.63) is 35.4 Å². The number of fused-ring (bicyclic) bond motifs is 2. The molecule has 0 saturated carbocycles. The maximum absolute atomic E-state index is 10.6. The zero-order valence-electron chi connectivity index (χ0n) is 11.4. The Hall–Kier alpha value is -1.74. The molecule has 1 N–H and O–H groups in total. The highest BCUT2D eigenvalue weighted by Gasteiger charge is 2.27. The van der Waals surface area contributed by atoms with Crippen LogP contribution in [0.25, 0.3) is 10.8 Å². The van der Waals surface area contributed by atoms with Crippen molar-refractivity contribution in [1.82, 2.24) is 0 Å². The van der Waals surface area contributed by atoms with Crippen molar-refractivity contribution in [1.29, 1.82) is 0 Å². The minimum Gasteiger partial charge on any atom is -0.507 e. The third kappa shape index (κ3) is 1.85. The first kappa shape index (κ1) is 12.3. The summed E-state index contributed by atoms with van der Waals surface area (Å²) in [5, 5.41) is 12.4. The molecule has 1 aliphatic heterocycles. The van der Waals surface area contributed by atoms with Crippen LogP contribution in [0.1, 0.15) is 31.1 Å². The molecule has 0 radical (unpaired) electrons. The first-order valence-electron chi connectivity index (χ1n) is 6.58. The molecule has 19 heavy (non-hydrogen) atoms. The van der Waals surface area contributed by atoms with Gasteiger partial charge >= 0.3 is 0 Å². The van der Waals surface area contributed by atoms with Gasteiger partial charge in [-0.05, 0) is 37.3 Å². The number of aromatic hydroxyl groups is 1. The Balaban J connectivity index is 2.34. The van der Waals surface area contributed by atoms with Gasteiger partial charge in [-0.3, -0.25) is 0 Å². The first-order valence-corrected chi connectivity index (χ1v) is 6.58. The molecule has 3 heteroatoms. The molecule has 2 aromatic carbocycles. The largest absolute Gasteiger partial charge is 0.507 e. The zero-order chi connectivity index (χ0) is 13.6. The quantitative estimate of drug-likeness (QED) is 0.849. The average molecular weight is 258 g/mol. The molecule has 0 fully saturated rings. The number of methoxy groups -OCH3 is 1. The van der Waals surface area contributed by atoms with Crippen LogP contribution in [-0.4, -0.2) is 18.3 Å². The Kier molecular flexibility index (Phi) is 2.86. The summed E-state index contributed by atoms with van der Waals surface area (Å²) in [5.74, 6) is 0.993. The second-order valence-corrected chi connectivity index (χ2v) is 5.15.